The number of amides is 2. The van der Waals surface area contributed by atoms with Gasteiger partial charge in [0.05, 0.1) is 17.7 Å². The van der Waals surface area contributed by atoms with Gasteiger partial charge in [0.2, 0.25) is 11.8 Å². The molecular weight excluding hydrogens is 538 g/mol. The summed E-state index contributed by atoms with van der Waals surface area (Å²) in [4.78, 5) is 28.6. The second-order valence-corrected chi connectivity index (χ2v) is 11.5. The highest BCUT2D eigenvalue weighted by Gasteiger charge is 2.34. The molecule has 2 amide bonds. The first kappa shape index (κ1) is 30.0. The van der Waals surface area contributed by atoms with E-state index >= 15 is 0 Å². The minimum atomic E-state index is -4.14. The molecule has 1 atom stereocenters. The third kappa shape index (κ3) is 7.52. The summed E-state index contributed by atoms with van der Waals surface area (Å²) in [6.45, 7) is 4.98. The first-order valence-corrected chi connectivity index (χ1v) is 14.4. The lowest BCUT2D eigenvalue weighted by molar-refractivity contribution is -0.140. The first-order valence-electron chi connectivity index (χ1n) is 12.6. The molecule has 0 aliphatic heterocycles. The molecule has 3 rings (SSSR count). The van der Waals surface area contributed by atoms with Gasteiger partial charge in [-0.3, -0.25) is 13.9 Å². The Morgan fingerprint density at radius 3 is 2.13 bits per heavy atom. The molecule has 1 N–H and O–H groups in total. The number of rotatable bonds is 12. The molecule has 0 aliphatic carbocycles. The van der Waals surface area contributed by atoms with E-state index in [4.69, 9.17) is 16.3 Å². The molecule has 3 aromatic carbocycles. The molecule has 10 heteroatoms. The molecule has 0 fully saturated rings. The van der Waals surface area contributed by atoms with Gasteiger partial charge in [0, 0.05) is 17.6 Å². The van der Waals surface area contributed by atoms with E-state index in [9.17, 15) is 18.0 Å². The number of hydrogen-bond donors (Lipinski definition) is 1. The molecule has 0 saturated heterocycles. The van der Waals surface area contributed by atoms with Crippen molar-refractivity contribution in [1.82, 2.24) is 10.2 Å². The van der Waals surface area contributed by atoms with Gasteiger partial charge in [0.25, 0.3) is 10.0 Å². The molecule has 0 spiro atoms. The topological polar surface area (TPSA) is 96.0 Å². The van der Waals surface area contributed by atoms with Gasteiger partial charge in [-0.2, -0.15) is 0 Å². The fourth-order valence-electron chi connectivity index (χ4n) is 4.11. The third-order valence-corrected chi connectivity index (χ3v) is 8.24. The van der Waals surface area contributed by atoms with Crippen molar-refractivity contribution in [3.8, 4) is 5.75 Å². The van der Waals surface area contributed by atoms with E-state index in [1.54, 1.807) is 73.7 Å². The van der Waals surface area contributed by atoms with Gasteiger partial charge < -0.3 is 15.0 Å². The number of hydrogen-bond acceptors (Lipinski definition) is 5. The summed E-state index contributed by atoms with van der Waals surface area (Å²) in [7, 11) is -2.63. The van der Waals surface area contributed by atoms with Crippen molar-refractivity contribution in [2.24, 2.45) is 0 Å². The summed E-state index contributed by atoms with van der Waals surface area (Å²) in [5, 5.41) is 3.31. The highest BCUT2D eigenvalue weighted by atomic mass is 35.5. The fraction of sp³-hybridized carbons (Fsp3) is 0.310. The number of nitrogens with zero attached hydrogens (tertiary/aromatic N) is 2. The van der Waals surface area contributed by atoms with Crippen molar-refractivity contribution in [3.05, 3.63) is 89.4 Å². The van der Waals surface area contributed by atoms with Crippen LogP contribution in [0, 0.1) is 0 Å². The lowest BCUT2D eigenvalue weighted by Gasteiger charge is -2.33. The molecule has 3 aromatic rings. The maximum absolute atomic E-state index is 14.0. The zero-order chi connectivity index (χ0) is 28.6. The quantitative estimate of drug-likeness (QED) is 0.334. The number of ether oxygens (including phenoxy) is 1. The summed E-state index contributed by atoms with van der Waals surface area (Å²) >= 11 is 6.41. The molecule has 0 heterocycles. The van der Waals surface area contributed by atoms with E-state index < -0.39 is 28.5 Å². The summed E-state index contributed by atoms with van der Waals surface area (Å²) in [5.41, 5.74) is 0.926. The molecule has 39 heavy (non-hydrogen) atoms. The fourth-order valence-corrected chi connectivity index (χ4v) is 5.74. The van der Waals surface area contributed by atoms with Crippen LogP contribution in [0.3, 0.4) is 0 Å². The molecule has 208 valence electrons. The first-order chi connectivity index (χ1) is 18.6. The normalized spacial score (nSPS) is 12.1. The number of carbonyl (C=O) groups is 2. The Kier molecular flexibility index (Phi) is 10.4. The van der Waals surface area contributed by atoms with Gasteiger partial charge in [-0.25, -0.2) is 8.42 Å². The summed E-state index contributed by atoms with van der Waals surface area (Å²) < 4.78 is 33.9. The van der Waals surface area contributed by atoms with Crippen LogP contribution in [0.4, 0.5) is 5.69 Å². The molecule has 0 aliphatic rings. The Bertz CT molecular complexity index is 1370. The van der Waals surface area contributed by atoms with Crippen LogP contribution in [-0.2, 0) is 26.2 Å². The van der Waals surface area contributed by atoms with E-state index in [-0.39, 0.29) is 29.1 Å². The van der Waals surface area contributed by atoms with E-state index in [1.807, 2.05) is 13.8 Å². The predicted molar refractivity (Wildman–Crippen MR) is 153 cm³/mol. The summed E-state index contributed by atoms with van der Waals surface area (Å²) in [6.07, 6.45) is 0.322. The molecule has 8 nitrogen and oxygen atoms in total. The van der Waals surface area contributed by atoms with Crippen molar-refractivity contribution in [2.45, 2.75) is 50.7 Å². The molecule has 0 unspecified atom stereocenters. The number of halogens is 1. The van der Waals surface area contributed by atoms with E-state index in [2.05, 4.69) is 5.32 Å². The van der Waals surface area contributed by atoms with Gasteiger partial charge in [0.1, 0.15) is 18.3 Å². The number of methoxy groups -OCH3 is 1. The highest BCUT2D eigenvalue weighted by molar-refractivity contribution is 7.92. The number of nitrogens with one attached hydrogen (secondary N) is 1. The number of carbonyl (C=O) groups excluding carboxylic acids is 2. The Morgan fingerprint density at radius 1 is 0.949 bits per heavy atom. The van der Waals surface area contributed by atoms with Gasteiger partial charge >= 0.3 is 0 Å². The van der Waals surface area contributed by atoms with Crippen LogP contribution >= 0.6 is 11.6 Å². The van der Waals surface area contributed by atoms with Gasteiger partial charge in [0.15, 0.2) is 0 Å². The third-order valence-electron chi connectivity index (χ3n) is 6.09. The molecule has 0 radical (unpaired) electrons. The van der Waals surface area contributed by atoms with Crippen molar-refractivity contribution in [1.29, 1.82) is 0 Å². The van der Waals surface area contributed by atoms with Crippen LogP contribution in [-0.4, -0.2) is 50.9 Å². The van der Waals surface area contributed by atoms with Crippen molar-refractivity contribution < 1.29 is 22.7 Å². The number of benzene rings is 3. The zero-order valence-corrected chi connectivity index (χ0v) is 24.1. The number of anilines is 1. The zero-order valence-electron chi connectivity index (χ0n) is 22.5. The number of sulfonamides is 1. The average Bonchev–Trinajstić information content (AvgIpc) is 2.92. The predicted octanol–water partition coefficient (Wildman–Crippen LogP) is 4.88. The van der Waals surface area contributed by atoms with E-state index in [0.717, 1.165) is 4.31 Å². The van der Waals surface area contributed by atoms with Gasteiger partial charge in [-0.15, -0.1) is 0 Å². The van der Waals surface area contributed by atoms with Crippen LogP contribution in [0.25, 0.3) is 0 Å². The second kappa shape index (κ2) is 13.5. The maximum Gasteiger partial charge on any atom is 0.264 e. The minimum Gasteiger partial charge on any atom is -0.497 e. The van der Waals surface area contributed by atoms with E-state index in [0.29, 0.717) is 22.8 Å². The van der Waals surface area contributed by atoms with E-state index in [1.165, 1.54) is 24.1 Å². The Labute approximate surface area is 235 Å². The monoisotopic (exact) mass is 571 g/mol. The second-order valence-electron chi connectivity index (χ2n) is 9.22. The summed E-state index contributed by atoms with van der Waals surface area (Å²) in [6, 6.07) is 20.4. The molecular formula is C29H34ClN3O5S. The van der Waals surface area contributed by atoms with Crippen LogP contribution in [0.5, 0.6) is 5.75 Å². The minimum absolute atomic E-state index is 0.0321. The Balaban J connectivity index is 2.06. The average molecular weight is 572 g/mol. The van der Waals surface area contributed by atoms with Crippen LogP contribution < -0.4 is 14.4 Å². The Morgan fingerprint density at radius 2 is 1.56 bits per heavy atom. The van der Waals surface area contributed by atoms with Crippen LogP contribution in [0.1, 0.15) is 32.8 Å². The van der Waals surface area contributed by atoms with Crippen molar-refractivity contribution in [2.75, 3.05) is 18.0 Å². The largest absolute Gasteiger partial charge is 0.497 e. The highest BCUT2D eigenvalue weighted by Crippen LogP contribution is 2.27. The Hall–Kier alpha value is -3.56. The molecule has 0 saturated carbocycles. The van der Waals surface area contributed by atoms with Gasteiger partial charge in [-0.05, 0) is 68.3 Å². The lowest BCUT2D eigenvalue weighted by atomic mass is 10.1. The molecule has 0 bridgehead atoms. The smallest absolute Gasteiger partial charge is 0.264 e. The van der Waals surface area contributed by atoms with Crippen LogP contribution in [0.2, 0.25) is 5.02 Å². The molecule has 0 aromatic heterocycles. The standard InChI is InChI=1S/C29H34ClN3O5S/c1-5-27(29(35)31-21(2)3)32(19-22-11-9-10-14-26(22)30)28(34)20-33(23-15-17-24(38-4)18-16-23)39(36,37)25-12-7-6-8-13-25/h6-18,21,27H,5,19-20H2,1-4H3,(H,31,35)/t27-/m1/s1. The van der Waals surface area contributed by atoms with Crippen molar-refractivity contribution >= 4 is 39.1 Å². The lowest BCUT2D eigenvalue weighted by Crippen LogP contribution is -2.53. The maximum atomic E-state index is 14.0. The van der Waals surface area contributed by atoms with Gasteiger partial charge in [-0.1, -0.05) is 54.9 Å². The SMILES string of the molecule is CC[C@H](C(=O)NC(C)C)N(Cc1ccccc1Cl)C(=O)CN(c1ccc(OC)cc1)S(=O)(=O)c1ccccc1. The summed E-state index contributed by atoms with van der Waals surface area (Å²) in [5.74, 6) is -0.329. The van der Waals surface area contributed by atoms with Crippen LogP contribution in [0.15, 0.2) is 83.8 Å². The van der Waals surface area contributed by atoms with Crippen molar-refractivity contribution in [3.63, 3.8) is 0 Å².